The number of hydrogen-bond donors (Lipinski definition) is 4. The van der Waals surface area contributed by atoms with Crippen LogP contribution in [-0.4, -0.2) is 63.4 Å². The van der Waals surface area contributed by atoms with E-state index in [1.165, 1.54) is 31.9 Å². The summed E-state index contributed by atoms with van der Waals surface area (Å²) in [6.07, 6.45) is 6.40. The van der Waals surface area contributed by atoms with Gasteiger partial charge in [0.2, 0.25) is 5.91 Å². The molecule has 1 amide bonds. The van der Waals surface area contributed by atoms with Crippen molar-refractivity contribution in [3.63, 3.8) is 0 Å². The number of nitrogens with zero attached hydrogens (tertiary/aromatic N) is 1. The first kappa shape index (κ1) is 26.0. The number of pyridine rings is 1. The molecule has 9 heteroatoms. The maximum atomic E-state index is 11.5. The van der Waals surface area contributed by atoms with Crippen LogP contribution < -0.4 is 5.73 Å². The van der Waals surface area contributed by atoms with Gasteiger partial charge in [0.05, 0.1) is 5.56 Å². The monoisotopic (exact) mass is 426 g/mol. The highest BCUT2D eigenvalue weighted by atomic mass is 16.7. The van der Waals surface area contributed by atoms with Crippen LogP contribution in [-0.2, 0) is 14.3 Å². The van der Waals surface area contributed by atoms with Crippen molar-refractivity contribution >= 4 is 11.9 Å². The smallest absolute Gasteiger partial charge is 0.305 e. The van der Waals surface area contributed by atoms with E-state index in [-0.39, 0.29) is 12.6 Å². The first-order chi connectivity index (χ1) is 14.4. The molecule has 1 aliphatic rings. The fourth-order valence-electron chi connectivity index (χ4n) is 2.85. The SMILES string of the molecule is CCCCCCCCCC(=O)OC[C@H]1OC(O)[C@H](O)[C@@H]1O.NC(=O)c1cccnc1. The molecule has 4 atom stereocenters. The van der Waals surface area contributed by atoms with Gasteiger partial charge in [-0.3, -0.25) is 14.6 Å². The molecule has 1 fully saturated rings. The quantitative estimate of drug-likeness (QED) is 0.305. The number of hydrogen-bond acceptors (Lipinski definition) is 8. The maximum Gasteiger partial charge on any atom is 0.305 e. The number of carbonyl (C=O) groups is 2. The van der Waals surface area contributed by atoms with Gasteiger partial charge in [-0.05, 0) is 18.6 Å². The molecule has 30 heavy (non-hydrogen) atoms. The number of aromatic nitrogens is 1. The molecule has 1 aliphatic heterocycles. The summed E-state index contributed by atoms with van der Waals surface area (Å²) in [7, 11) is 0. The number of nitrogens with two attached hydrogens (primary N) is 1. The Kier molecular flexibility index (Phi) is 12.8. The first-order valence-corrected chi connectivity index (χ1v) is 10.4. The molecule has 1 unspecified atom stereocenters. The molecule has 2 rings (SSSR count). The molecular formula is C21H34N2O7. The Morgan fingerprint density at radius 2 is 1.77 bits per heavy atom. The zero-order valence-electron chi connectivity index (χ0n) is 17.5. The van der Waals surface area contributed by atoms with Crippen molar-refractivity contribution in [3.05, 3.63) is 30.1 Å². The van der Waals surface area contributed by atoms with Crippen LogP contribution in [0.1, 0.15) is 68.6 Å². The van der Waals surface area contributed by atoms with Gasteiger partial charge < -0.3 is 30.5 Å². The summed E-state index contributed by atoms with van der Waals surface area (Å²) in [5, 5.41) is 28.0. The van der Waals surface area contributed by atoms with Crippen molar-refractivity contribution in [1.29, 1.82) is 0 Å². The van der Waals surface area contributed by atoms with Gasteiger partial charge in [-0.25, -0.2) is 0 Å². The van der Waals surface area contributed by atoms with Crippen molar-refractivity contribution < 1.29 is 34.4 Å². The predicted molar refractivity (Wildman–Crippen MR) is 109 cm³/mol. The summed E-state index contributed by atoms with van der Waals surface area (Å²) in [5.41, 5.74) is 5.38. The molecule has 9 nitrogen and oxygen atoms in total. The minimum atomic E-state index is -1.42. The molecule has 0 aliphatic carbocycles. The minimum Gasteiger partial charge on any atom is -0.463 e. The molecule has 1 aromatic rings. The number of carbonyl (C=O) groups excluding carboxylic acids is 2. The van der Waals surface area contributed by atoms with Gasteiger partial charge in [-0.2, -0.15) is 0 Å². The van der Waals surface area contributed by atoms with Crippen molar-refractivity contribution in [2.24, 2.45) is 5.73 Å². The maximum absolute atomic E-state index is 11.5. The number of primary amides is 1. The largest absolute Gasteiger partial charge is 0.463 e. The van der Waals surface area contributed by atoms with E-state index in [2.05, 4.69) is 11.9 Å². The van der Waals surface area contributed by atoms with Gasteiger partial charge >= 0.3 is 5.97 Å². The molecule has 1 aromatic heterocycles. The fraction of sp³-hybridized carbons (Fsp3) is 0.667. The third-order valence-electron chi connectivity index (χ3n) is 4.68. The van der Waals surface area contributed by atoms with Crippen molar-refractivity contribution in [3.8, 4) is 0 Å². The summed E-state index contributed by atoms with van der Waals surface area (Å²) in [4.78, 5) is 25.6. The summed E-state index contributed by atoms with van der Waals surface area (Å²) < 4.78 is 9.89. The van der Waals surface area contributed by atoms with E-state index in [9.17, 15) is 24.9 Å². The Bertz CT molecular complexity index is 615. The summed E-state index contributed by atoms with van der Waals surface area (Å²) >= 11 is 0. The van der Waals surface area contributed by atoms with E-state index in [0.717, 1.165) is 19.3 Å². The van der Waals surface area contributed by atoms with Gasteiger partial charge in [-0.1, -0.05) is 45.4 Å². The molecule has 5 N–H and O–H groups in total. The van der Waals surface area contributed by atoms with Gasteiger partial charge in [0, 0.05) is 18.8 Å². The summed E-state index contributed by atoms with van der Waals surface area (Å²) in [6.45, 7) is 2.03. The van der Waals surface area contributed by atoms with Crippen LogP contribution >= 0.6 is 0 Å². The molecule has 0 saturated carbocycles. The molecule has 0 radical (unpaired) electrons. The lowest BCUT2D eigenvalue weighted by Gasteiger charge is -2.14. The topological polar surface area (TPSA) is 152 Å². The number of rotatable bonds is 11. The normalized spacial score (nSPS) is 22.8. The molecule has 0 bridgehead atoms. The Balaban J connectivity index is 0.000000414. The predicted octanol–water partition coefficient (Wildman–Crippen LogP) is 1.29. The van der Waals surface area contributed by atoms with Crippen molar-refractivity contribution in [2.75, 3.05) is 6.61 Å². The van der Waals surface area contributed by atoms with E-state index in [1.807, 2.05) is 0 Å². The third kappa shape index (κ3) is 10.1. The van der Waals surface area contributed by atoms with Gasteiger partial charge in [0.1, 0.15) is 24.9 Å². The Labute approximate surface area is 177 Å². The van der Waals surface area contributed by atoms with Crippen molar-refractivity contribution in [1.82, 2.24) is 4.98 Å². The highest BCUT2D eigenvalue weighted by Gasteiger charge is 2.42. The van der Waals surface area contributed by atoms with E-state index in [0.29, 0.717) is 12.0 Å². The molecule has 0 aromatic carbocycles. The lowest BCUT2D eigenvalue weighted by molar-refractivity contribution is -0.157. The Morgan fingerprint density at radius 3 is 2.27 bits per heavy atom. The minimum absolute atomic E-state index is 0.148. The Morgan fingerprint density at radius 1 is 1.10 bits per heavy atom. The average molecular weight is 427 g/mol. The molecule has 2 heterocycles. The van der Waals surface area contributed by atoms with E-state index in [4.69, 9.17) is 15.2 Å². The fourth-order valence-corrected chi connectivity index (χ4v) is 2.85. The third-order valence-corrected chi connectivity index (χ3v) is 4.68. The van der Waals surface area contributed by atoms with Crippen LogP contribution in [0.15, 0.2) is 24.5 Å². The number of ether oxygens (including phenoxy) is 2. The van der Waals surface area contributed by atoms with Crippen LogP contribution in [0.3, 0.4) is 0 Å². The first-order valence-electron chi connectivity index (χ1n) is 10.4. The van der Waals surface area contributed by atoms with E-state index >= 15 is 0 Å². The number of unbranched alkanes of at least 4 members (excludes halogenated alkanes) is 6. The van der Waals surface area contributed by atoms with Crippen LogP contribution in [0.4, 0.5) is 0 Å². The zero-order chi connectivity index (χ0) is 22.4. The standard InChI is InChI=1S/C15H28O6.C6H6N2O/c1-2-3-4-5-6-7-8-9-12(16)20-10-11-13(17)14(18)15(19)21-11;7-6(9)5-2-1-3-8-4-5/h11,13-15,17-19H,2-10H2,1H3;1-4H,(H2,7,9)/t11-,13-,14-,15?;/m1./s1. The zero-order valence-corrected chi connectivity index (χ0v) is 17.5. The van der Waals surface area contributed by atoms with E-state index in [1.54, 1.807) is 18.3 Å². The Hall–Kier alpha value is -2.07. The van der Waals surface area contributed by atoms with E-state index < -0.39 is 30.5 Å². The summed E-state index contributed by atoms with van der Waals surface area (Å²) in [6, 6.07) is 3.29. The second kappa shape index (κ2) is 14.8. The van der Waals surface area contributed by atoms with Crippen LogP contribution in [0.25, 0.3) is 0 Å². The van der Waals surface area contributed by atoms with Gasteiger partial charge in [0.15, 0.2) is 6.29 Å². The lowest BCUT2D eigenvalue weighted by Crippen LogP contribution is -2.34. The number of aliphatic hydroxyl groups excluding tert-OH is 3. The second-order valence-electron chi connectivity index (χ2n) is 7.21. The van der Waals surface area contributed by atoms with Crippen LogP contribution in [0, 0.1) is 0 Å². The molecule has 1 saturated heterocycles. The number of esters is 1. The highest BCUT2D eigenvalue weighted by molar-refractivity contribution is 5.92. The van der Waals surface area contributed by atoms with Gasteiger partial charge in [-0.15, -0.1) is 0 Å². The van der Waals surface area contributed by atoms with Crippen LogP contribution in [0.5, 0.6) is 0 Å². The number of amides is 1. The van der Waals surface area contributed by atoms with Crippen molar-refractivity contribution in [2.45, 2.75) is 82.9 Å². The average Bonchev–Trinajstić information content (AvgIpc) is 2.99. The molecule has 0 spiro atoms. The number of aliphatic hydroxyl groups is 3. The summed E-state index contributed by atoms with van der Waals surface area (Å²) in [5.74, 6) is -0.779. The molecular weight excluding hydrogens is 392 g/mol. The lowest BCUT2D eigenvalue weighted by atomic mass is 10.1. The van der Waals surface area contributed by atoms with Crippen LogP contribution in [0.2, 0.25) is 0 Å². The highest BCUT2D eigenvalue weighted by Crippen LogP contribution is 2.20. The second-order valence-corrected chi connectivity index (χ2v) is 7.21. The molecule has 170 valence electrons. The van der Waals surface area contributed by atoms with Gasteiger partial charge in [0.25, 0.3) is 0 Å².